The molecule has 1 amide bonds. The third-order valence-corrected chi connectivity index (χ3v) is 5.77. The number of carbonyl (C=O) groups excluding carboxylic acids is 1. The lowest BCUT2D eigenvalue weighted by Gasteiger charge is -2.18. The average Bonchev–Trinajstić information content (AvgIpc) is 3.02. The predicted octanol–water partition coefficient (Wildman–Crippen LogP) is 1.71. The number of fused-ring (bicyclic) bond motifs is 1. The number of thiazole rings is 1. The van der Waals surface area contributed by atoms with Crippen LogP contribution in [0.1, 0.15) is 35.9 Å². The summed E-state index contributed by atoms with van der Waals surface area (Å²) >= 11 is 1.53. The number of hydrogen-bond donors (Lipinski definition) is 1. The van der Waals surface area contributed by atoms with Crippen molar-refractivity contribution < 1.29 is 4.79 Å². The molecule has 8 heteroatoms. The highest BCUT2D eigenvalue weighted by atomic mass is 32.1. The number of rotatable bonds is 4. The van der Waals surface area contributed by atoms with Crippen LogP contribution in [0.2, 0.25) is 0 Å². The zero-order valence-electron chi connectivity index (χ0n) is 15.1. The minimum Gasteiger partial charge on any atom is -0.303 e. The lowest BCUT2D eigenvalue weighted by Crippen LogP contribution is -2.37. The molecule has 1 aliphatic carbocycles. The summed E-state index contributed by atoms with van der Waals surface area (Å²) in [6.07, 6.45) is 8.43. The molecule has 0 radical (unpaired) electrons. The van der Waals surface area contributed by atoms with E-state index in [0.29, 0.717) is 11.0 Å². The lowest BCUT2D eigenvalue weighted by molar-refractivity contribution is -0.111. The van der Waals surface area contributed by atoms with Crippen LogP contribution in [0.5, 0.6) is 0 Å². The molecule has 1 atom stereocenters. The van der Waals surface area contributed by atoms with E-state index in [2.05, 4.69) is 17.2 Å². The summed E-state index contributed by atoms with van der Waals surface area (Å²) in [5, 5.41) is 3.36. The van der Waals surface area contributed by atoms with Crippen LogP contribution in [0, 0.1) is 5.92 Å². The normalized spacial score (nSPS) is 16.7. The second kappa shape index (κ2) is 7.41. The summed E-state index contributed by atoms with van der Waals surface area (Å²) in [6, 6.07) is 0. The van der Waals surface area contributed by atoms with E-state index in [1.54, 1.807) is 7.05 Å². The van der Waals surface area contributed by atoms with Gasteiger partial charge in [0.15, 0.2) is 5.13 Å². The fourth-order valence-corrected chi connectivity index (χ4v) is 4.23. The minimum atomic E-state index is -0.438. The quantitative estimate of drug-likeness (QED) is 0.826. The third kappa shape index (κ3) is 3.70. The van der Waals surface area contributed by atoms with E-state index < -0.39 is 11.2 Å². The van der Waals surface area contributed by atoms with Crippen LogP contribution in [0.4, 0.5) is 5.13 Å². The van der Waals surface area contributed by atoms with Crippen molar-refractivity contribution in [3.8, 4) is 0 Å². The van der Waals surface area contributed by atoms with Gasteiger partial charge in [-0.3, -0.25) is 19.5 Å². The largest absolute Gasteiger partial charge is 0.330 e. The Morgan fingerprint density at radius 3 is 2.92 bits per heavy atom. The van der Waals surface area contributed by atoms with Crippen molar-refractivity contribution in [1.29, 1.82) is 0 Å². The molecule has 0 saturated heterocycles. The molecule has 0 bridgehead atoms. The first-order chi connectivity index (χ1) is 12.4. The third-order valence-electron chi connectivity index (χ3n) is 4.74. The Hall–Kier alpha value is -2.48. The number of amides is 1. The van der Waals surface area contributed by atoms with Gasteiger partial charge in [-0.1, -0.05) is 13.3 Å². The van der Waals surface area contributed by atoms with Crippen LogP contribution >= 0.6 is 11.3 Å². The SMILES string of the molecule is CC[C@@H]1CCc2nc(NC(=O)/C=C\c3cn(C)c(=O)n(C)c3=O)sc2C1. The number of anilines is 1. The van der Waals surface area contributed by atoms with Crippen molar-refractivity contribution in [3.05, 3.63) is 49.2 Å². The van der Waals surface area contributed by atoms with E-state index >= 15 is 0 Å². The van der Waals surface area contributed by atoms with E-state index in [9.17, 15) is 14.4 Å². The molecule has 1 N–H and O–H groups in total. The van der Waals surface area contributed by atoms with Crippen LogP contribution in [0.3, 0.4) is 0 Å². The van der Waals surface area contributed by atoms with Gasteiger partial charge in [0.2, 0.25) is 5.91 Å². The number of hydrogen-bond acceptors (Lipinski definition) is 5. The molecule has 138 valence electrons. The van der Waals surface area contributed by atoms with Gasteiger partial charge in [-0.2, -0.15) is 0 Å². The zero-order chi connectivity index (χ0) is 18.8. The summed E-state index contributed by atoms with van der Waals surface area (Å²) in [6.45, 7) is 2.20. The van der Waals surface area contributed by atoms with Crippen molar-refractivity contribution in [3.63, 3.8) is 0 Å². The number of aryl methyl sites for hydroxylation is 2. The number of nitrogens with zero attached hydrogens (tertiary/aromatic N) is 3. The van der Waals surface area contributed by atoms with E-state index in [0.717, 1.165) is 35.9 Å². The van der Waals surface area contributed by atoms with Gasteiger partial charge in [-0.15, -0.1) is 11.3 Å². The van der Waals surface area contributed by atoms with E-state index in [1.807, 2.05) is 0 Å². The van der Waals surface area contributed by atoms with Crippen LogP contribution in [0.25, 0.3) is 6.08 Å². The first-order valence-electron chi connectivity index (χ1n) is 8.63. The van der Waals surface area contributed by atoms with Gasteiger partial charge >= 0.3 is 5.69 Å². The van der Waals surface area contributed by atoms with E-state index in [1.165, 1.54) is 46.2 Å². The summed E-state index contributed by atoms with van der Waals surface area (Å²) in [5.74, 6) is 0.353. The van der Waals surface area contributed by atoms with E-state index in [4.69, 9.17) is 0 Å². The Morgan fingerprint density at radius 1 is 1.42 bits per heavy atom. The van der Waals surface area contributed by atoms with Gasteiger partial charge in [-0.05, 0) is 31.3 Å². The highest BCUT2D eigenvalue weighted by molar-refractivity contribution is 7.15. The molecule has 0 unspecified atom stereocenters. The Labute approximate surface area is 155 Å². The summed E-state index contributed by atoms with van der Waals surface area (Å²) in [4.78, 5) is 41.7. The van der Waals surface area contributed by atoms with Crippen molar-refractivity contribution in [1.82, 2.24) is 14.1 Å². The Balaban J connectivity index is 1.72. The second-order valence-electron chi connectivity index (χ2n) is 6.57. The minimum absolute atomic E-state index is 0.272. The molecule has 1 aliphatic rings. The predicted molar refractivity (Wildman–Crippen MR) is 103 cm³/mol. The first kappa shape index (κ1) is 18.3. The molecule has 26 heavy (non-hydrogen) atoms. The van der Waals surface area contributed by atoms with Gasteiger partial charge < -0.3 is 4.57 Å². The topological polar surface area (TPSA) is 86.0 Å². The number of nitrogens with one attached hydrogen (secondary N) is 1. The average molecular weight is 374 g/mol. The summed E-state index contributed by atoms with van der Waals surface area (Å²) in [5.41, 5.74) is 0.516. The van der Waals surface area contributed by atoms with Crippen molar-refractivity contribution in [2.24, 2.45) is 20.0 Å². The maximum Gasteiger partial charge on any atom is 0.330 e. The second-order valence-corrected chi connectivity index (χ2v) is 7.65. The zero-order valence-corrected chi connectivity index (χ0v) is 15.9. The number of aromatic nitrogens is 3. The van der Waals surface area contributed by atoms with Crippen molar-refractivity contribution >= 4 is 28.5 Å². The summed E-state index contributed by atoms with van der Waals surface area (Å²) in [7, 11) is 2.97. The molecule has 0 spiro atoms. The van der Waals surface area contributed by atoms with E-state index in [-0.39, 0.29) is 11.5 Å². The smallest absolute Gasteiger partial charge is 0.303 e. The molecule has 3 rings (SSSR count). The van der Waals surface area contributed by atoms with Gasteiger partial charge in [0.05, 0.1) is 11.3 Å². The van der Waals surface area contributed by atoms with Crippen LogP contribution < -0.4 is 16.6 Å². The molecule has 0 aliphatic heterocycles. The van der Waals surface area contributed by atoms with Gasteiger partial charge in [0, 0.05) is 31.2 Å². The molecule has 2 aromatic rings. The van der Waals surface area contributed by atoms with Gasteiger partial charge in [0.25, 0.3) is 5.56 Å². The molecular weight excluding hydrogens is 352 g/mol. The molecule has 7 nitrogen and oxygen atoms in total. The molecule has 0 saturated carbocycles. The first-order valence-corrected chi connectivity index (χ1v) is 9.45. The van der Waals surface area contributed by atoms with Gasteiger partial charge in [-0.25, -0.2) is 9.78 Å². The molecule has 0 fully saturated rings. The monoisotopic (exact) mass is 374 g/mol. The fourth-order valence-electron chi connectivity index (χ4n) is 3.11. The molecular formula is C18H22N4O3S. The van der Waals surface area contributed by atoms with Crippen LogP contribution in [0.15, 0.2) is 21.9 Å². The Bertz CT molecular complexity index is 983. The standard InChI is InChI=1S/C18H22N4O3S/c1-4-11-5-7-13-14(9-11)26-17(19-13)20-15(23)8-6-12-10-21(2)18(25)22(3)16(12)24/h6,8,10-11H,4-5,7,9H2,1-3H3,(H,19,20,23)/b8-6-/t11-/m1/s1. The maximum absolute atomic E-state index is 12.2. The highest BCUT2D eigenvalue weighted by Crippen LogP contribution is 2.33. The molecule has 2 aromatic heterocycles. The summed E-state index contributed by atoms with van der Waals surface area (Å²) < 4.78 is 2.31. The van der Waals surface area contributed by atoms with Crippen molar-refractivity contribution in [2.45, 2.75) is 32.6 Å². The molecule has 2 heterocycles. The van der Waals surface area contributed by atoms with Crippen LogP contribution in [-0.2, 0) is 31.7 Å². The Morgan fingerprint density at radius 2 is 2.19 bits per heavy atom. The highest BCUT2D eigenvalue weighted by Gasteiger charge is 2.21. The number of carbonyl (C=O) groups is 1. The maximum atomic E-state index is 12.2. The van der Waals surface area contributed by atoms with Crippen LogP contribution in [-0.4, -0.2) is 20.0 Å². The lowest BCUT2D eigenvalue weighted by atomic mass is 9.89. The van der Waals surface area contributed by atoms with Crippen molar-refractivity contribution in [2.75, 3.05) is 5.32 Å². The Kier molecular flexibility index (Phi) is 5.22. The van der Waals surface area contributed by atoms with Gasteiger partial charge in [0.1, 0.15) is 0 Å². The fraction of sp³-hybridized carbons (Fsp3) is 0.444. The molecule has 0 aromatic carbocycles.